The number of fused-ring (bicyclic) bond motifs is 1. The highest BCUT2D eigenvalue weighted by molar-refractivity contribution is 7.18. The molecule has 0 unspecified atom stereocenters. The van der Waals surface area contributed by atoms with Crippen molar-refractivity contribution in [1.82, 2.24) is 9.97 Å². The first-order valence-corrected chi connectivity index (χ1v) is 5.66. The molecule has 2 N–H and O–H groups in total. The summed E-state index contributed by atoms with van der Waals surface area (Å²) in [6.45, 7) is 0. The minimum Gasteiger partial charge on any atom is -0.481 e. The van der Waals surface area contributed by atoms with Gasteiger partial charge < -0.3 is 10.4 Å². The van der Waals surface area contributed by atoms with Gasteiger partial charge in [-0.15, -0.1) is 0 Å². The lowest BCUT2D eigenvalue weighted by atomic mass is 10.3. The third-order valence-electron chi connectivity index (χ3n) is 2.11. The normalized spacial score (nSPS) is 10.6. The molecular weight excluding hydrogens is 226 g/mol. The molecule has 2 heterocycles. The second-order valence-electron chi connectivity index (χ2n) is 3.27. The van der Waals surface area contributed by atoms with E-state index in [1.807, 2.05) is 12.1 Å². The zero-order valence-electron chi connectivity index (χ0n) is 8.73. The fourth-order valence-electron chi connectivity index (χ4n) is 1.32. The van der Waals surface area contributed by atoms with E-state index in [2.05, 4.69) is 15.3 Å². The van der Waals surface area contributed by atoms with Crippen LogP contribution >= 0.6 is 11.3 Å². The van der Waals surface area contributed by atoms with Gasteiger partial charge in [-0.3, -0.25) is 4.79 Å². The van der Waals surface area contributed by atoms with E-state index in [4.69, 9.17) is 5.11 Å². The molecule has 2 aromatic rings. The average molecular weight is 237 g/mol. The number of aliphatic carboxylic acids is 1. The fourth-order valence-corrected chi connectivity index (χ4v) is 2.26. The molecule has 0 saturated heterocycles. The van der Waals surface area contributed by atoms with Gasteiger partial charge in [-0.25, -0.2) is 9.97 Å². The molecule has 6 heteroatoms. The number of nitrogens with zero attached hydrogens (tertiary/aromatic N) is 2. The summed E-state index contributed by atoms with van der Waals surface area (Å²) < 4.78 is 0. The SMILES string of the molecule is CNc1ccc2nc(CCC(=O)O)sc2n1. The van der Waals surface area contributed by atoms with Crippen molar-refractivity contribution in [3.8, 4) is 0 Å². The number of aromatic nitrogens is 2. The van der Waals surface area contributed by atoms with Gasteiger partial charge in [-0.2, -0.15) is 0 Å². The highest BCUT2D eigenvalue weighted by Crippen LogP contribution is 2.22. The maximum atomic E-state index is 10.4. The van der Waals surface area contributed by atoms with E-state index in [1.165, 1.54) is 11.3 Å². The molecule has 2 aromatic heterocycles. The number of anilines is 1. The van der Waals surface area contributed by atoms with E-state index >= 15 is 0 Å². The third-order valence-corrected chi connectivity index (χ3v) is 3.13. The van der Waals surface area contributed by atoms with Crippen molar-refractivity contribution in [1.29, 1.82) is 0 Å². The van der Waals surface area contributed by atoms with Crippen LogP contribution in [0.4, 0.5) is 5.82 Å². The Morgan fingerprint density at radius 2 is 2.31 bits per heavy atom. The van der Waals surface area contributed by atoms with Crippen LogP contribution in [0.25, 0.3) is 10.3 Å². The van der Waals surface area contributed by atoms with E-state index in [9.17, 15) is 4.79 Å². The van der Waals surface area contributed by atoms with Crippen LogP contribution in [0.1, 0.15) is 11.4 Å². The quantitative estimate of drug-likeness (QED) is 0.847. The molecule has 0 aromatic carbocycles. The maximum Gasteiger partial charge on any atom is 0.303 e. The molecule has 0 aliphatic carbocycles. The Kier molecular flexibility index (Phi) is 3.00. The molecule has 84 valence electrons. The number of hydrogen-bond donors (Lipinski definition) is 2. The smallest absolute Gasteiger partial charge is 0.303 e. The van der Waals surface area contributed by atoms with Gasteiger partial charge in [0.05, 0.1) is 11.4 Å². The number of aryl methyl sites for hydroxylation is 1. The Morgan fingerprint density at radius 1 is 1.50 bits per heavy atom. The molecule has 0 aliphatic rings. The van der Waals surface area contributed by atoms with Crippen molar-refractivity contribution in [2.45, 2.75) is 12.8 Å². The number of carboxylic acid groups (broad SMARTS) is 1. The van der Waals surface area contributed by atoms with Crippen molar-refractivity contribution < 1.29 is 9.90 Å². The van der Waals surface area contributed by atoms with Crippen LogP contribution in [0.15, 0.2) is 12.1 Å². The molecule has 0 spiro atoms. The number of rotatable bonds is 4. The number of nitrogens with one attached hydrogen (secondary N) is 1. The van der Waals surface area contributed by atoms with E-state index in [1.54, 1.807) is 7.05 Å². The van der Waals surface area contributed by atoms with Gasteiger partial charge in [0.15, 0.2) is 0 Å². The van der Waals surface area contributed by atoms with Crippen molar-refractivity contribution in [2.24, 2.45) is 0 Å². The molecule has 0 saturated carbocycles. The minimum absolute atomic E-state index is 0.110. The predicted molar refractivity (Wildman–Crippen MR) is 62.9 cm³/mol. The monoisotopic (exact) mass is 237 g/mol. The Balaban J connectivity index is 2.25. The summed E-state index contributed by atoms with van der Waals surface area (Å²) in [5.41, 5.74) is 0.824. The molecular formula is C10H11N3O2S. The third kappa shape index (κ3) is 2.27. The molecule has 0 fully saturated rings. The summed E-state index contributed by atoms with van der Waals surface area (Å²) >= 11 is 1.44. The van der Waals surface area contributed by atoms with Crippen LogP contribution in [-0.4, -0.2) is 28.1 Å². The molecule has 0 amide bonds. The highest BCUT2D eigenvalue weighted by Gasteiger charge is 2.07. The molecule has 0 bridgehead atoms. The van der Waals surface area contributed by atoms with Gasteiger partial charge in [-0.1, -0.05) is 11.3 Å². The van der Waals surface area contributed by atoms with E-state index in [0.29, 0.717) is 6.42 Å². The highest BCUT2D eigenvalue weighted by atomic mass is 32.1. The summed E-state index contributed by atoms with van der Waals surface area (Å²) in [6.07, 6.45) is 0.573. The van der Waals surface area contributed by atoms with Crippen LogP contribution in [0.3, 0.4) is 0 Å². The summed E-state index contributed by atoms with van der Waals surface area (Å²) in [7, 11) is 1.81. The van der Waals surface area contributed by atoms with E-state index < -0.39 is 5.97 Å². The maximum absolute atomic E-state index is 10.4. The lowest BCUT2D eigenvalue weighted by molar-refractivity contribution is -0.136. The van der Waals surface area contributed by atoms with Gasteiger partial charge in [0, 0.05) is 13.5 Å². The number of pyridine rings is 1. The van der Waals surface area contributed by atoms with E-state index in [0.717, 1.165) is 21.2 Å². The largest absolute Gasteiger partial charge is 0.481 e. The molecule has 0 atom stereocenters. The predicted octanol–water partition coefficient (Wildman–Crippen LogP) is 1.75. The zero-order valence-corrected chi connectivity index (χ0v) is 9.54. The number of thiazole rings is 1. The van der Waals surface area contributed by atoms with Crippen molar-refractivity contribution >= 4 is 33.5 Å². The molecule has 16 heavy (non-hydrogen) atoms. The summed E-state index contributed by atoms with van der Waals surface area (Å²) in [5, 5.41) is 12.4. The van der Waals surface area contributed by atoms with Gasteiger partial charge in [0.25, 0.3) is 0 Å². The number of carboxylic acids is 1. The number of hydrogen-bond acceptors (Lipinski definition) is 5. The molecule has 0 radical (unpaired) electrons. The van der Waals surface area contributed by atoms with Gasteiger partial charge in [0.1, 0.15) is 16.2 Å². The standard InChI is InChI=1S/C10H11N3O2S/c1-11-7-3-2-6-10(13-7)16-8(12-6)4-5-9(14)15/h2-3H,4-5H2,1H3,(H,11,13)(H,14,15). The van der Waals surface area contributed by atoms with Gasteiger partial charge in [-0.05, 0) is 12.1 Å². The molecule has 5 nitrogen and oxygen atoms in total. The number of carbonyl (C=O) groups is 1. The minimum atomic E-state index is -0.803. The Hall–Kier alpha value is -1.69. The lowest BCUT2D eigenvalue weighted by Crippen LogP contribution is -1.96. The van der Waals surface area contributed by atoms with Gasteiger partial charge >= 0.3 is 5.97 Å². The first-order valence-electron chi connectivity index (χ1n) is 4.85. The van der Waals surface area contributed by atoms with Crippen LogP contribution in [0.5, 0.6) is 0 Å². The Bertz CT molecular complexity index is 524. The van der Waals surface area contributed by atoms with Crippen LogP contribution in [-0.2, 0) is 11.2 Å². The van der Waals surface area contributed by atoms with Crippen LogP contribution in [0, 0.1) is 0 Å². The van der Waals surface area contributed by atoms with Crippen molar-refractivity contribution in [3.63, 3.8) is 0 Å². The van der Waals surface area contributed by atoms with E-state index in [-0.39, 0.29) is 6.42 Å². The average Bonchev–Trinajstić information content (AvgIpc) is 2.67. The molecule has 2 rings (SSSR count). The summed E-state index contributed by atoms with van der Waals surface area (Å²) in [5.74, 6) is -0.0101. The fraction of sp³-hybridized carbons (Fsp3) is 0.300. The first kappa shape index (κ1) is 10.8. The first-order chi connectivity index (χ1) is 7.69. The Morgan fingerprint density at radius 3 is 3.00 bits per heavy atom. The zero-order chi connectivity index (χ0) is 11.5. The van der Waals surface area contributed by atoms with Crippen molar-refractivity contribution in [2.75, 3.05) is 12.4 Å². The summed E-state index contributed by atoms with van der Waals surface area (Å²) in [4.78, 5) is 19.9. The second-order valence-corrected chi connectivity index (χ2v) is 4.33. The second kappa shape index (κ2) is 4.44. The van der Waals surface area contributed by atoms with Crippen molar-refractivity contribution in [3.05, 3.63) is 17.1 Å². The summed E-state index contributed by atoms with van der Waals surface area (Å²) in [6, 6.07) is 3.73. The molecule has 0 aliphatic heterocycles. The van der Waals surface area contributed by atoms with Gasteiger partial charge in [0.2, 0.25) is 0 Å². The van der Waals surface area contributed by atoms with Crippen LogP contribution in [0.2, 0.25) is 0 Å². The lowest BCUT2D eigenvalue weighted by Gasteiger charge is -1.95. The Labute approximate surface area is 96.2 Å². The van der Waals surface area contributed by atoms with Crippen LogP contribution < -0.4 is 5.32 Å². The topological polar surface area (TPSA) is 75.1 Å².